The highest BCUT2D eigenvalue weighted by atomic mass is 16.7. The highest BCUT2D eigenvalue weighted by molar-refractivity contribution is 4.99. The molecule has 1 aliphatic heterocycles. The van der Waals surface area contributed by atoms with Crippen LogP contribution in [0, 0.1) is 0 Å². The van der Waals surface area contributed by atoms with E-state index in [2.05, 4.69) is 40.1 Å². The molecule has 17 heteroatoms. The van der Waals surface area contributed by atoms with Crippen molar-refractivity contribution in [3.63, 3.8) is 0 Å². The molecule has 0 aromatic heterocycles. The Balaban J connectivity index is 2.40. The van der Waals surface area contributed by atoms with Gasteiger partial charge in [-0.05, 0) is 47.8 Å². The standard InChI is InChI=1S/C20H34N12O5/c1-3-5-7-34-18-15(11-25-29-21)37-20(16(28-32-24)19(18)35-8-6-4-2)36-14-10-12(26-30-22)9-13(17(14)33)27-31-23/h12-20,33H,3-11H2,1-2H3. The maximum absolute atomic E-state index is 10.8. The summed E-state index contributed by atoms with van der Waals surface area (Å²) in [6.45, 7) is 4.68. The minimum Gasteiger partial charge on any atom is -0.390 e. The topological polar surface area (TPSA) is 252 Å². The van der Waals surface area contributed by atoms with Crippen LogP contribution in [0.25, 0.3) is 41.8 Å². The molecule has 0 bridgehead atoms. The molecule has 17 nitrogen and oxygen atoms in total. The number of aliphatic hydroxyl groups is 1. The molecule has 1 saturated carbocycles. The van der Waals surface area contributed by atoms with E-state index in [-0.39, 0.29) is 19.4 Å². The van der Waals surface area contributed by atoms with Gasteiger partial charge in [-0.1, -0.05) is 47.1 Å². The van der Waals surface area contributed by atoms with Gasteiger partial charge in [0.05, 0.1) is 37.0 Å². The van der Waals surface area contributed by atoms with Crippen LogP contribution in [0.5, 0.6) is 0 Å². The average Bonchev–Trinajstić information content (AvgIpc) is 2.88. The van der Waals surface area contributed by atoms with Crippen LogP contribution in [0.4, 0.5) is 0 Å². The van der Waals surface area contributed by atoms with Gasteiger partial charge in [-0.15, -0.1) is 0 Å². The lowest BCUT2D eigenvalue weighted by molar-refractivity contribution is -0.293. The van der Waals surface area contributed by atoms with Crippen LogP contribution in [-0.4, -0.2) is 79.8 Å². The zero-order valence-electron chi connectivity index (χ0n) is 21.0. The molecular formula is C20H34N12O5. The molecule has 9 unspecified atom stereocenters. The van der Waals surface area contributed by atoms with E-state index < -0.39 is 54.9 Å². The van der Waals surface area contributed by atoms with Gasteiger partial charge in [0.2, 0.25) is 0 Å². The van der Waals surface area contributed by atoms with Crippen molar-refractivity contribution >= 4 is 0 Å². The molecule has 1 N–H and O–H groups in total. The first-order valence-electron chi connectivity index (χ1n) is 12.4. The first-order chi connectivity index (χ1) is 18.0. The van der Waals surface area contributed by atoms with E-state index in [1.807, 2.05) is 13.8 Å². The van der Waals surface area contributed by atoms with Crippen molar-refractivity contribution in [2.24, 2.45) is 20.5 Å². The molecule has 0 aromatic rings. The monoisotopic (exact) mass is 522 g/mol. The Morgan fingerprint density at radius 1 is 0.865 bits per heavy atom. The summed E-state index contributed by atoms with van der Waals surface area (Å²) in [5.41, 5.74) is 36.0. The van der Waals surface area contributed by atoms with Crippen molar-refractivity contribution in [1.29, 1.82) is 0 Å². The Morgan fingerprint density at radius 3 is 2.11 bits per heavy atom. The fourth-order valence-corrected chi connectivity index (χ4v) is 4.40. The number of rotatable bonds is 15. The summed E-state index contributed by atoms with van der Waals surface area (Å²) in [5.74, 6) is 0. The van der Waals surface area contributed by atoms with Gasteiger partial charge in [0, 0.05) is 38.9 Å². The van der Waals surface area contributed by atoms with Crippen LogP contribution < -0.4 is 0 Å². The molecule has 1 saturated heterocycles. The molecule has 0 amide bonds. The van der Waals surface area contributed by atoms with E-state index in [1.54, 1.807) is 0 Å². The molecule has 0 aromatic carbocycles. The van der Waals surface area contributed by atoms with Crippen LogP contribution in [0.1, 0.15) is 52.4 Å². The normalized spacial score (nSPS) is 33.2. The summed E-state index contributed by atoms with van der Waals surface area (Å²) in [6, 6.07) is -2.52. The second kappa shape index (κ2) is 16.7. The number of nitrogens with zero attached hydrogens (tertiary/aromatic N) is 12. The maximum atomic E-state index is 10.8. The SMILES string of the molecule is CCCCOC1C(CN=[N+]=[N-])OC(OC2CC(N=[N+]=[N-])CC(N=[N+]=[N-])C2O)C(N=[N+]=[N-])C1OCCCC. The van der Waals surface area contributed by atoms with Gasteiger partial charge >= 0.3 is 0 Å². The average molecular weight is 523 g/mol. The van der Waals surface area contributed by atoms with E-state index >= 15 is 0 Å². The van der Waals surface area contributed by atoms with Crippen LogP contribution in [0.2, 0.25) is 0 Å². The van der Waals surface area contributed by atoms with Crippen molar-refractivity contribution in [3.05, 3.63) is 41.8 Å². The maximum Gasteiger partial charge on any atom is 0.169 e. The number of hydrogen-bond acceptors (Lipinski definition) is 9. The molecule has 204 valence electrons. The van der Waals surface area contributed by atoms with Crippen molar-refractivity contribution in [3.8, 4) is 0 Å². The molecule has 1 aliphatic carbocycles. The third-order valence-corrected chi connectivity index (χ3v) is 6.26. The summed E-state index contributed by atoms with van der Waals surface area (Å²) in [4.78, 5) is 11.4. The molecule has 9 atom stereocenters. The lowest BCUT2D eigenvalue weighted by atomic mass is 9.86. The van der Waals surface area contributed by atoms with Crippen molar-refractivity contribution in [2.75, 3.05) is 19.8 Å². The molecule has 37 heavy (non-hydrogen) atoms. The Bertz CT molecular complexity index is 900. The third-order valence-electron chi connectivity index (χ3n) is 6.26. The number of azide groups is 4. The zero-order chi connectivity index (χ0) is 27.0. The van der Waals surface area contributed by atoms with Crippen molar-refractivity contribution < 1.29 is 24.1 Å². The van der Waals surface area contributed by atoms with Gasteiger partial charge in [0.1, 0.15) is 12.1 Å². The largest absolute Gasteiger partial charge is 0.390 e. The fourth-order valence-electron chi connectivity index (χ4n) is 4.40. The van der Waals surface area contributed by atoms with Crippen LogP contribution in [-0.2, 0) is 18.9 Å². The summed E-state index contributed by atoms with van der Waals surface area (Å²) in [5, 5.41) is 25.7. The molecule has 0 radical (unpaired) electrons. The number of unbranched alkanes of at least 4 members (excludes halogenated alkanes) is 2. The first-order valence-corrected chi connectivity index (χ1v) is 12.4. The Hall–Kier alpha value is -2.96. The quantitative estimate of drug-likeness (QED) is 0.135. The summed E-state index contributed by atoms with van der Waals surface area (Å²) < 4.78 is 24.4. The summed E-state index contributed by atoms with van der Waals surface area (Å²) in [6.07, 6.45) is -2.19. The van der Waals surface area contributed by atoms with Gasteiger partial charge in [0.15, 0.2) is 6.29 Å². The van der Waals surface area contributed by atoms with Crippen LogP contribution in [0.3, 0.4) is 0 Å². The third kappa shape index (κ3) is 8.83. The molecule has 1 heterocycles. The van der Waals surface area contributed by atoms with Crippen LogP contribution in [0.15, 0.2) is 20.5 Å². The Kier molecular flexibility index (Phi) is 13.7. The van der Waals surface area contributed by atoms with Gasteiger partial charge in [0.25, 0.3) is 0 Å². The van der Waals surface area contributed by atoms with Crippen molar-refractivity contribution in [1.82, 2.24) is 0 Å². The van der Waals surface area contributed by atoms with Gasteiger partial charge in [-0.2, -0.15) is 0 Å². The van der Waals surface area contributed by atoms with Crippen LogP contribution >= 0.6 is 0 Å². The molecule has 0 spiro atoms. The summed E-state index contributed by atoms with van der Waals surface area (Å²) in [7, 11) is 0. The minimum absolute atomic E-state index is 0.0975. The van der Waals surface area contributed by atoms with E-state index in [0.717, 1.165) is 25.7 Å². The van der Waals surface area contributed by atoms with Gasteiger partial charge in [-0.25, -0.2) is 0 Å². The Morgan fingerprint density at radius 2 is 1.51 bits per heavy atom. The zero-order valence-corrected chi connectivity index (χ0v) is 21.0. The van der Waals surface area contributed by atoms with Crippen molar-refractivity contribution in [2.45, 2.75) is 107 Å². The Labute approximate surface area is 213 Å². The molecule has 2 aliphatic rings. The number of hydrogen-bond donors (Lipinski definition) is 1. The number of ether oxygens (including phenoxy) is 4. The second-order valence-electron chi connectivity index (χ2n) is 8.80. The fraction of sp³-hybridized carbons (Fsp3) is 1.00. The van der Waals surface area contributed by atoms with E-state index in [1.165, 1.54) is 0 Å². The molecule has 2 fully saturated rings. The first kappa shape index (κ1) is 30.3. The predicted molar refractivity (Wildman–Crippen MR) is 131 cm³/mol. The highest BCUT2D eigenvalue weighted by Crippen LogP contribution is 2.34. The van der Waals surface area contributed by atoms with E-state index in [9.17, 15) is 10.6 Å². The summed E-state index contributed by atoms with van der Waals surface area (Å²) >= 11 is 0. The molecular weight excluding hydrogens is 488 g/mol. The van der Waals surface area contributed by atoms with Gasteiger partial charge in [-0.3, -0.25) is 0 Å². The smallest absolute Gasteiger partial charge is 0.169 e. The lowest BCUT2D eigenvalue weighted by Crippen LogP contribution is -2.61. The number of aliphatic hydroxyl groups excluding tert-OH is 1. The van der Waals surface area contributed by atoms with E-state index in [0.29, 0.717) is 13.2 Å². The highest BCUT2D eigenvalue weighted by Gasteiger charge is 2.49. The second-order valence-corrected chi connectivity index (χ2v) is 8.80. The lowest BCUT2D eigenvalue weighted by Gasteiger charge is -2.46. The van der Waals surface area contributed by atoms with E-state index in [4.69, 9.17) is 35.5 Å². The van der Waals surface area contributed by atoms with Gasteiger partial charge < -0.3 is 24.1 Å². The minimum atomic E-state index is -1.23. The predicted octanol–water partition coefficient (Wildman–Crippen LogP) is 4.97. The molecule has 2 rings (SSSR count).